The van der Waals surface area contributed by atoms with Gasteiger partial charge in [-0.05, 0) is 48.7 Å². The summed E-state index contributed by atoms with van der Waals surface area (Å²) in [6.07, 6.45) is 1.20. The summed E-state index contributed by atoms with van der Waals surface area (Å²) < 4.78 is 44.4. The molecule has 0 bridgehead atoms. The van der Waals surface area contributed by atoms with Crippen LogP contribution in [0.15, 0.2) is 53.4 Å². The molecule has 0 atom stereocenters. The summed E-state index contributed by atoms with van der Waals surface area (Å²) in [5.74, 6) is -0.895. The van der Waals surface area contributed by atoms with E-state index in [1.165, 1.54) is 43.5 Å². The van der Waals surface area contributed by atoms with Crippen molar-refractivity contribution < 1.29 is 22.3 Å². The Morgan fingerprint density at radius 3 is 2.54 bits per heavy atom. The molecule has 0 radical (unpaired) electrons. The van der Waals surface area contributed by atoms with Crippen molar-refractivity contribution >= 4 is 16.0 Å². The maximum absolute atomic E-state index is 12.8. The number of sulfonamides is 1. The third-order valence-corrected chi connectivity index (χ3v) is 4.87. The van der Waals surface area contributed by atoms with Crippen LogP contribution in [0, 0.1) is 5.82 Å². The number of halogens is 1. The Hall–Kier alpha value is -2.25. The number of methoxy groups -OCH3 is 1. The number of ether oxygens (including phenoxy) is 1. The second-order valence-corrected chi connectivity index (χ2v) is 6.91. The van der Waals surface area contributed by atoms with E-state index in [1.54, 1.807) is 12.1 Å². The van der Waals surface area contributed by atoms with Crippen LogP contribution in [-0.2, 0) is 21.2 Å². The van der Waals surface area contributed by atoms with Crippen LogP contribution in [0.1, 0.15) is 22.3 Å². The zero-order chi connectivity index (χ0) is 17.6. The van der Waals surface area contributed by atoms with Crippen molar-refractivity contribution in [3.63, 3.8) is 0 Å². The van der Waals surface area contributed by atoms with Gasteiger partial charge in [0.1, 0.15) is 5.82 Å². The molecule has 0 aliphatic carbocycles. The van der Waals surface area contributed by atoms with E-state index >= 15 is 0 Å². The Kier molecular flexibility index (Phi) is 6.05. The van der Waals surface area contributed by atoms with Crippen LogP contribution in [0.2, 0.25) is 0 Å². The molecular formula is C17H18FNO4S. The Bertz CT molecular complexity index is 804. The van der Waals surface area contributed by atoms with Crippen molar-refractivity contribution in [1.82, 2.24) is 4.72 Å². The van der Waals surface area contributed by atoms with E-state index in [4.69, 9.17) is 0 Å². The van der Waals surface area contributed by atoms with E-state index in [-0.39, 0.29) is 22.8 Å². The summed E-state index contributed by atoms with van der Waals surface area (Å²) in [5, 5.41) is 0. The summed E-state index contributed by atoms with van der Waals surface area (Å²) in [5.41, 5.74) is 1.11. The lowest BCUT2D eigenvalue weighted by Gasteiger charge is -2.08. The van der Waals surface area contributed by atoms with Gasteiger partial charge in [0.25, 0.3) is 0 Å². The standard InChI is InChI=1S/C17H18FNO4S/c1-23-17(20)14-5-2-6-16(12-14)24(21,22)19-11-3-4-13-7-9-15(18)10-8-13/h2,5-10,12,19H,3-4,11H2,1H3. The molecule has 0 unspecified atom stereocenters. The molecule has 5 nitrogen and oxygen atoms in total. The number of hydrogen-bond donors (Lipinski definition) is 1. The average Bonchev–Trinajstić information content (AvgIpc) is 2.59. The van der Waals surface area contributed by atoms with Crippen LogP contribution in [0.25, 0.3) is 0 Å². The fraction of sp³-hybridized carbons (Fsp3) is 0.235. The number of rotatable bonds is 7. The molecule has 1 N–H and O–H groups in total. The highest BCUT2D eigenvalue weighted by Gasteiger charge is 2.16. The molecule has 0 heterocycles. The van der Waals surface area contributed by atoms with Gasteiger partial charge in [-0.15, -0.1) is 0 Å². The summed E-state index contributed by atoms with van der Waals surface area (Å²) >= 11 is 0. The van der Waals surface area contributed by atoms with Gasteiger partial charge in [0.05, 0.1) is 17.6 Å². The highest BCUT2D eigenvalue weighted by atomic mass is 32.2. The summed E-state index contributed by atoms with van der Waals surface area (Å²) in [6, 6.07) is 11.7. The van der Waals surface area contributed by atoms with Gasteiger partial charge in [0.15, 0.2) is 0 Å². The molecule has 2 rings (SSSR count). The molecular weight excluding hydrogens is 333 g/mol. The molecule has 2 aromatic rings. The predicted molar refractivity (Wildman–Crippen MR) is 87.7 cm³/mol. The maximum Gasteiger partial charge on any atom is 0.337 e. The van der Waals surface area contributed by atoms with Gasteiger partial charge < -0.3 is 4.74 Å². The molecule has 24 heavy (non-hydrogen) atoms. The van der Waals surface area contributed by atoms with Crippen molar-refractivity contribution in [2.45, 2.75) is 17.7 Å². The van der Waals surface area contributed by atoms with E-state index in [1.807, 2.05) is 0 Å². The molecule has 0 fully saturated rings. The molecule has 0 amide bonds. The lowest BCUT2D eigenvalue weighted by molar-refractivity contribution is 0.0600. The number of aryl methyl sites for hydroxylation is 1. The minimum absolute atomic E-state index is 0.00665. The first kappa shape index (κ1) is 18.1. The first-order valence-electron chi connectivity index (χ1n) is 7.35. The second-order valence-electron chi connectivity index (χ2n) is 5.15. The van der Waals surface area contributed by atoms with Gasteiger partial charge in [-0.2, -0.15) is 0 Å². The number of carbonyl (C=O) groups excluding carboxylic acids is 1. The molecule has 0 aliphatic heterocycles. The van der Waals surface area contributed by atoms with Crippen LogP contribution in [-0.4, -0.2) is 28.0 Å². The van der Waals surface area contributed by atoms with Crippen molar-refractivity contribution in [1.29, 1.82) is 0 Å². The average molecular weight is 351 g/mol. The minimum atomic E-state index is -3.70. The molecule has 0 aromatic heterocycles. The van der Waals surface area contributed by atoms with Crippen LogP contribution < -0.4 is 4.72 Å². The molecule has 0 aliphatic rings. The Labute approximate surface area is 140 Å². The molecule has 128 valence electrons. The van der Waals surface area contributed by atoms with Gasteiger partial charge in [0, 0.05) is 6.54 Å². The predicted octanol–water partition coefficient (Wildman–Crippen LogP) is 2.52. The SMILES string of the molecule is COC(=O)c1cccc(S(=O)(=O)NCCCc2ccc(F)cc2)c1. The fourth-order valence-corrected chi connectivity index (χ4v) is 3.26. The Balaban J connectivity index is 1.93. The molecule has 0 saturated heterocycles. The van der Waals surface area contributed by atoms with Crippen LogP contribution in [0.3, 0.4) is 0 Å². The highest BCUT2D eigenvalue weighted by molar-refractivity contribution is 7.89. The van der Waals surface area contributed by atoms with Crippen molar-refractivity contribution in [3.05, 3.63) is 65.5 Å². The van der Waals surface area contributed by atoms with Gasteiger partial charge >= 0.3 is 5.97 Å². The molecule has 2 aromatic carbocycles. The largest absolute Gasteiger partial charge is 0.465 e. The normalized spacial score (nSPS) is 11.2. The third-order valence-electron chi connectivity index (χ3n) is 3.41. The topological polar surface area (TPSA) is 72.5 Å². The van der Waals surface area contributed by atoms with E-state index in [0.717, 1.165) is 5.56 Å². The number of esters is 1. The minimum Gasteiger partial charge on any atom is -0.465 e. The van der Waals surface area contributed by atoms with Gasteiger partial charge in [-0.25, -0.2) is 22.3 Å². The van der Waals surface area contributed by atoms with Crippen molar-refractivity contribution in [2.24, 2.45) is 0 Å². The monoisotopic (exact) mass is 351 g/mol. The summed E-state index contributed by atoms with van der Waals surface area (Å²) in [6.45, 7) is 0.238. The fourth-order valence-electron chi connectivity index (χ4n) is 2.14. The van der Waals surface area contributed by atoms with Crippen LogP contribution in [0.5, 0.6) is 0 Å². The summed E-state index contributed by atoms with van der Waals surface area (Å²) in [4.78, 5) is 11.5. The number of nitrogens with one attached hydrogen (secondary N) is 1. The lowest BCUT2D eigenvalue weighted by Crippen LogP contribution is -2.25. The van der Waals surface area contributed by atoms with Crippen molar-refractivity contribution in [3.8, 4) is 0 Å². The zero-order valence-electron chi connectivity index (χ0n) is 13.2. The van der Waals surface area contributed by atoms with E-state index < -0.39 is 16.0 Å². The first-order valence-corrected chi connectivity index (χ1v) is 8.83. The molecule has 7 heteroatoms. The number of carbonyl (C=O) groups is 1. The zero-order valence-corrected chi connectivity index (χ0v) is 14.0. The van der Waals surface area contributed by atoms with E-state index in [0.29, 0.717) is 12.8 Å². The smallest absolute Gasteiger partial charge is 0.337 e. The Morgan fingerprint density at radius 2 is 1.88 bits per heavy atom. The van der Waals surface area contributed by atoms with Gasteiger partial charge in [0.2, 0.25) is 10.0 Å². The quantitative estimate of drug-likeness (QED) is 0.615. The second kappa shape index (κ2) is 8.03. The number of benzene rings is 2. The molecule has 0 spiro atoms. The maximum atomic E-state index is 12.8. The van der Waals surface area contributed by atoms with Crippen LogP contribution >= 0.6 is 0 Å². The van der Waals surface area contributed by atoms with Gasteiger partial charge in [-0.1, -0.05) is 18.2 Å². The Morgan fingerprint density at radius 1 is 1.17 bits per heavy atom. The van der Waals surface area contributed by atoms with E-state index in [9.17, 15) is 17.6 Å². The first-order chi connectivity index (χ1) is 11.4. The lowest BCUT2D eigenvalue weighted by atomic mass is 10.1. The van der Waals surface area contributed by atoms with E-state index in [2.05, 4.69) is 9.46 Å². The third kappa shape index (κ3) is 4.87. The molecule has 0 saturated carbocycles. The summed E-state index contributed by atoms with van der Waals surface area (Å²) in [7, 11) is -2.47. The highest BCUT2D eigenvalue weighted by Crippen LogP contribution is 2.12. The van der Waals surface area contributed by atoms with Crippen molar-refractivity contribution in [2.75, 3.05) is 13.7 Å². The van der Waals surface area contributed by atoms with Gasteiger partial charge in [-0.3, -0.25) is 0 Å². The van der Waals surface area contributed by atoms with Crippen LogP contribution in [0.4, 0.5) is 4.39 Å². The number of hydrogen-bond acceptors (Lipinski definition) is 4.